The lowest BCUT2D eigenvalue weighted by Gasteiger charge is -2.10. The second kappa shape index (κ2) is 5.42. The standard InChI is InChI=1S/C13H9Br2N3/c14-9-1-3-12(8(5-9)7-16)18-13-4-2-10(17)6-11(13)15/h1-6,18H,17H2. The van der Waals surface area contributed by atoms with E-state index in [1.165, 1.54) is 0 Å². The number of hydrogen-bond acceptors (Lipinski definition) is 3. The third-order valence-electron chi connectivity index (χ3n) is 2.36. The molecule has 0 saturated carbocycles. The second-order valence-corrected chi connectivity index (χ2v) is 5.44. The van der Waals surface area contributed by atoms with Gasteiger partial charge in [0.1, 0.15) is 6.07 Å². The Labute approximate surface area is 122 Å². The van der Waals surface area contributed by atoms with Crippen molar-refractivity contribution in [3.05, 3.63) is 50.9 Å². The van der Waals surface area contributed by atoms with Crippen molar-refractivity contribution in [3.63, 3.8) is 0 Å². The second-order valence-electron chi connectivity index (χ2n) is 3.67. The highest BCUT2D eigenvalue weighted by Gasteiger charge is 2.05. The molecule has 18 heavy (non-hydrogen) atoms. The van der Waals surface area contributed by atoms with Crippen LogP contribution in [0.15, 0.2) is 45.3 Å². The zero-order chi connectivity index (χ0) is 13.1. The van der Waals surface area contributed by atoms with Crippen LogP contribution < -0.4 is 11.1 Å². The zero-order valence-corrected chi connectivity index (χ0v) is 12.4. The van der Waals surface area contributed by atoms with Crippen LogP contribution in [0.4, 0.5) is 17.1 Å². The number of nitrogens with one attached hydrogen (secondary N) is 1. The summed E-state index contributed by atoms with van der Waals surface area (Å²) in [6.07, 6.45) is 0. The molecule has 0 spiro atoms. The molecule has 2 rings (SSSR count). The summed E-state index contributed by atoms with van der Waals surface area (Å²) in [6.45, 7) is 0. The maximum Gasteiger partial charge on any atom is 0.101 e. The fourth-order valence-corrected chi connectivity index (χ4v) is 2.35. The molecule has 3 N–H and O–H groups in total. The highest BCUT2D eigenvalue weighted by atomic mass is 79.9. The van der Waals surface area contributed by atoms with E-state index in [9.17, 15) is 0 Å². The van der Waals surface area contributed by atoms with E-state index in [0.29, 0.717) is 11.3 Å². The molecular formula is C13H9Br2N3. The van der Waals surface area contributed by atoms with Gasteiger partial charge in [-0.1, -0.05) is 15.9 Å². The van der Waals surface area contributed by atoms with Gasteiger partial charge in [-0.15, -0.1) is 0 Å². The van der Waals surface area contributed by atoms with E-state index >= 15 is 0 Å². The third kappa shape index (κ3) is 2.84. The van der Waals surface area contributed by atoms with Crippen LogP contribution in [0.2, 0.25) is 0 Å². The molecule has 90 valence electrons. The van der Waals surface area contributed by atoms with Gasteiger partial charge in [0.2, 0.25) is 0 Å². The average molecular weight is 367 g/mol. The molecule has 2 aromatic rings. The van der Waals surface area contributed by atoms with Crippen molar-refractivity contribution in [2.45, 2.75) is 0 Å². The first-order valence-electron chi connectivity index (χ1n) is 5.12. The van der Waals surface area contributed by atoms with Crippen LogP contribution in [-0.4, -0.2) is 0 Å². The maximum absolute atomic E-state index is 9.09. The van der Waals surface area contributed by atoms with Crippen molar-refractivity contribution in [2.24, 2.45) is 0 Å². The highest BCUT2D eigenvalue weighted by molar-refractivity contribution is 9.10. The zero-order valence-electron chi connectivity index (χ0n) is 9.24. The number of halogens is 2. The molecule has 0 fully saturated rings. The minimum absolute atomic E-state index is 0.577. The molecule has 0 aliphatic carbocycles. The Morgan fingerprint density at radius 1 is 1.06 bits per heavy atom. The maximum atomic E-state index is 9.09. The predicted octanol–water partition coefficient (Wildman–Crippen LogP) is 4.41. The van der Waals surface area contributed by atoms with Crippen molar-refractivity contribution < 1.29 is 0 Å². The number of anilines is 3. The van der Waals surface area contributed by atoms with E-state index in [1.807, 2.05) is 24.3 Å². The Balaban J connectivity index is 2.37. The molecule has 0 bridgehead atoms. The molecule has 0 aliphatic rings. The predicted molar refractivity (Wildman–Crippen MR) is 80.7 cm³/mol. The molecule has 0 saturated heterocycles. The number of nitrogens with two attached hydrogens (primary N) is 1. The van der Waals surface area contributed by atoms with Gasteiger partial charge >= 0.3 is 0 Å². The van der Waals surface area contributed by atoms with Crippen molar-refractivity contribution >= 4 is 48.9 Å². The van der Waals surface area contributed by atoms with Gasteiger partial charge in [0.05, 0.1) is 16.9 Å². The Bertz CT molecular complexity index is 633. The van der Waals surface area contributed by atoms with Crippen LogP contribution in [0.1, 0.15) is 5.56 Å². The van der Waals surface area contributed by atoms with E-state index < -0.39 is 0 Å². The summed E-state index contributed by atoms with van der Waals surface area (Å²) >= 11 is 6.77. The summed E-state index contributed by atoms with van der Waals surface area (Å²) in [5.41, 5.74) is 8.56. The van der Waals surface area contributed by atoms with Crippen molar-refractivity contribution in [2.75, 3.05) is 11.1 Å². The molecule has 5 heteroatoms. The van der Waals surface area contributed by atoms with Crippen LogP contribution >= 0.6 is 31.9 Å². The van der Waals surface area contributed by atoms with Gasteiger partial charge < -0.3 is 11.1 Å². The number of nitrogen functional groups attached to an aromatic ring is 1. The van der Waals surface area contributed by atoms with Crippen molar-refractivity contribution in [3.8, 4) is 6.07 Å². The van der Waals surface area contributed by atoms with E-state index in [2.05, 4.69) is 43.2 Å². The summed E-state index contributed by atoms with van der Waals surface area (Å²) in [5, 5.41) is 12.3. The van der Waals surface area contributed by atoms with Crippen LogP contribution in [0.3, 0.4) is 0 Å². The lowest BCUT2D eigenvalue weighted by atomic mass is 10.2. The Morgan fingerprint density at radius 2 is 1.78 bits per heavy atom. The first-order valence-corrected chi connectivity index (χ1v) is 6.70. The summed E-state index contributed by atoms with van der Waals surface area (Å²) in [6, 6.07) is 13.1. The molecule has 0 atom stereocenters. The topological polar surface area (TPSA) is 61.8 Å². The highest BCUT2D eigenvalue weighted by Crippen LogP contribution is 2.30. The van der Waals surface area contributed by atoms with Crippen LogP contribution in [-0.2, 0) is 0 Å². The Kier molecular flexibility index (Phi) is 3.90. The molecule has 0 heterocycles. The SMILES string of the molecule is N#Cc1cc(Br)ccc1Nc1ccc(N)cc1Br. The van der Waals surface area contributed by atoms with Gasteiger partial charge in [-0.2, -0.15) is 5.26 Å². The molecule has 0 aliphatic heterocycles. The van der Waals surface area contributed by atoms with E-state index in [-0.39, 0.29) is 0 Å². The van der Waals surface area contributed by atoms with Gasteiger partial charge in [-0.25, -0.2) is 0 Å². The summed E-state index contributed by atoms with van der Waals surface area (Å²) in [4.78, 5) is 0. The molecule has 3 nitrogen and oxygen atoms in total. The normalized spacial score (nSPS) is 9.83. The van der Waals surface area contributed by atoms with Crippen LogP contribution in [0.5, 0.6) is 0 Å². The van der Waals surface area contributed by atoms with Crippen LogP contribution in [0.25, 0.3) is 0 Å². The fraction of sp³-hybridized carbons (Fsp3) is 0. The largest absolute Gasteiger partial charge is 0.399 e. The molecular weight excluding hydrogens is 358 g/mol. The van der Waals surface area contributed by atoms with Gasteiger partial charge in [0, 0.05) is 14.6 Å². The van der Waals surface area contributed by atoms with Gasteiger partial charge in [0.15, 0.2) is 0 Å². The first-order chi connectivity index (χ1) is 8.60. The molecule has 0 unspecified atom stereocenters. The first kappa shape index (κ1) is 12.9. The monoisotopic (exact) mass is 365 g/mol. The Hall–Kier alpha value is -1.51. The average Bonchev–Trinajstić information content (AvgIpc) is 2.34. The lowest BCUT2D eigenvalue weighted by molar-refractivity contribution is 1.44. The molecule has 0 aromatic heterocycles. The Morgan fingerprint density at radius 3 is 2.44 bits per heavy atom. The van der Waals surface area contributed by atoms with Crippen LogP contribution in [0, 0.1) is 11.3 Å². The van der Waals surface area contributed by atoms with Crippen molar-refractivity contribution in [1.82, 2.24) is 0 Å². The smallest absolute Gasteiger partial charge is 0.101 e. The minimum atomic E-state index is 0.577. The van der Waals surface area contributed by atoms with Gasteiger partial charge in [0.25, 0.3) is 0 Å². The number of rotatable bonds is 2. The molecule has 0 radical (unpaired) electrons. The van der Waals surface area contributed by atoms with Gasteiger partial charge in [-0.05, 0) is 52.3 Å². The summed E-state index contributed by atoms with van der Waals surface area (Å²) < 4.78 is 1.73. The quantitative estimate of drug-likeness (QED) is 0.774. The summed E-state index contributed by atoms with van der Waals surface area (Å²) in [5.74, 6) is 0. The number of benzene rings is 2. The third-order valence-corrected chi connectivity index (χ3v) is 3.51. The number of nitrogens with zero attached hydrogens (tertiary/aromatic N) is 1. The fourth-order valence-electron chi connectivity index (χ4n) is 1.50. The summed E-state index contributed by atoms with van der Waals surface area (Å²) in [7, 11) is 0. The van der Waals surface area contributed by atoms with E-state index in [0.717, 1.165) is 20.3 Å². The minimum Gasteiger partial charge on any atom is -0.399 e. The lowest BCUT2D eigenvalue weighted by Crippen LogP contribution is -1.95. The van der Waals surface area contributed by atoms with Crippen molar-refractivity contribution in [1.29, 1.82) is 5.26 Å². The van der Waals surface area contributed by atoms with Gasteiger partial charge in [-0.3, -0.25) is 0 Å². The number of nitriles is 1. The number of hydrogen-bond donors (Lipinski definition) is 2. The van der Waals surface area contributed by atoms with E-state index in [4.69, 9.17) is 11.0 Å². The molecule has 2 aromatic carbocycles. The molecule has 0 amide bonds. The van der Waals surface area contributed by atoms with E-state index in [1.54, 1.807) is 12.1 Å².